The van der Waals surface area contributed by atoms with Crippen LogP contribution in [-0.2, 0) is 4.74 Å². The van der Waals surface area contributed by atoms with Crippen molar-refractivity contribution in [2.75, 3.05) is 39.9 Å². The highest BCUT2D eigenvalue weighted by atomic mass is 16.5. The van der Waals surface area contributed by atoms with E-state index in [2.05, 4.69) is 41.8 Å². The number of ether oxygens (including phenoxy) is 1. The Bertz CT molecular complexity index is 678. The number of aliphatic hydroxyl groups is 1. The molecule has 2 heterocycles. The standard InChI is InChI=1S/C24H38N4O2/c1-5-15-27(16-6-2)23(21-11-7-9-13-25-21)24(22-12-8-10-14-26-22)28(17-18-30-4)19-20(3)29/h7-14,20,23-24,29H,5-6,15-19H2,1-4H3/t20-,23+,24+/m0/s1. The number of aliphatic hydroxyl groups excluding tert-OH is 1. The van der Waals surface area contributed by atoms with Crippen molar-refractivity contribution in [1.82, 2.24) is 19.8 Å². The molecule has 1 N–H and O–H groups in total. The number of rotatable bonds is 14. The Morgan fingerprint density at radius 3 is 1.80 bits per heavy atom. The highest BCUT2D eigenvalue weighted by Crippen LogP contribution is 2.37. The summed E-state index contributed by atoms with van der Waals surface area (Å²) in [5, 5.41) is 10.3. The van der Waals surface area contributed by atoms with E-state index in [9.17, 15) is 5.11 Å². The first-order valence-corrected chi connectivity index (χ1v) is 11.1. The van der Waals surface area contributed by atoms with Crippen LogP contribution in [0.4, 0.5) is 0 Å². The largest absolute Gasteiger partial charge is 0.392 e. The number of hydrogen-bond donors (Lipinski definition) is 1. The fourth-order valence-corrected chi connectivity index (χ4v) is 4.06. The second kappa shape index (κ2) is 13.4. The Labute approximate surface area is 181 Å². The maximum absolute atomic E-state index is 10.3. The molecule has 6 nitrogen and oxygen atoms in total. The predicted molar refractivity (Wildman–Crippen MR) is 121 cm³/mol. The van der Waals surface area contributed by atoms with E-state index in [1.54, 1.807) is 7.11 Å². The molecule has 0 aliphatic carbocycles. The number of methoxy groups -OCH3 is 1. The predicted octanol–water partition coefficient (Wildman–Crippen LogP) is 3.71. The van der Waals surface area contributed by atoms with Gasteiger partial charge >= 0.3 is 0 Å². The van der Waals surface area contributed by atoms with E-state index in [-0.39, 0.29) is 12.1 Å². The van der Waals surface area contributed by atoms with Gasteiger partial charge in [-0.05, 0) is 57.1 Å². The van der Waals surface area contributed by atoms with Crippen LogP contribution in [0.1, 0.15) is 57.1 Å². The van der Waals surface area contributed by atoms with Gasteiger partial charge in [-0.3, -0.25) is 19.8 Å². The van der Waals surface area contributed by atoms with Gasteiger partial charge in [-0.15, -0.1) is 0 Å². The summed E-state index contributed by atoms with van der Waals surface area (Å²) >= 11 is 0. The Balaban J connectivity index is 2.60. The Morgan fingerprint density at radius 1 is 0.867 bits per heavy atom. The van der Waals surface area contributed by atoms with Crippen molar-refractivity contribution < 1.29 is 9.84 Å². The summed E-state index contributed by atoms with van der Waals surface area (Å²) in [6, 6.07) is 12.1. The average molecular weight is 415 g/mol. The maximum Gasteiger partial charge on any atom is 0.0737 e. The summed E-state index contributed by atoms with van der Waals surface area (Å²) in [7, 11) is 1.72. The first kappa shape index (κ1) is 24.4. The lowest BCUT2D eigenvalue weighted by Crippen LogP contribution is -2.45. The molecule has 0 bridgehead atoms. The molecule has 3 atom stereocenters. The van der Waals surface area contributed by atoms with Crippen LogP contribution < -0.4 is 0 Å². The van der Waals surface area contributed by atoms with E-state index >= 15 is 0 Å². The minimum absolute atomic E-state index is 0.0246. The summed E-state index contributed by atoms with van der Waals surface area (Å²) in [6.45, 7) is 10.1. The molecule has 0 amide bonds. The molecule has 0 aliphatic heterocycles. The summed E-state index contributed by atoms with van der Waals surface area (Å²) in [4.78, 5) is 14.3. The van der Waals surface area contributed by atoms with Crippen LogP contribution in [0, 0.1) is 0 Å². The monoisotopic (exact) mass is 414 g/mol. The van der Waals surface area contributed by atoms with Crippen molar-refractivity contribution in [3.63, 3.8) is 0 Å². The summed E-state index contributed by atoms with van der Waals surface area (Å²) in [5.41, 5.74) is 2.02. The van der Waals surface area contributed by atoms with Crippen molar-refractivity contribution in [2.45, 2.75) is 51.8 Å². The van der Waals surface area contributed by atoms with Gasteiger partial charge in [0.05, 0.1) is 36.2 Å². The zero-order chi connectivity index (χ0) is 21.8. The van der Waals surface area contributed by atoms with Crippen LogP contribution in [-0.4, -0.2) is 70.9 Å². The van der Waals surface area contributed by atoms with Gasteiger partial charge in [0.25, 0.3) is 0 Å². The number of hydrogen-bond acceptors (Lipinski definition) is 6. The molecule has 2 aromatic heterocycles. The Kier molecular flexibility index (Phi) is 10.9. The van der Waals surface area contributed by atoms with Crippen LogP contribution >= 0.6 is 0 Å². The molecule has 0 radical (unpaired) electrons. The quantitative estimate of drug-likeness (QED) is 0.508. The molecule has 0 spiro atoms. The lowest BCUT2D eigenvalue weighted by atomic mass is 9.95. The molecule has 0 aromatic carbocycles. The fraction of sp³-hybridized carbons (Fsp3) is 0.583. The molecule has 6 heteroatoms. The second-order valence-electron chi connectivity index (χ2n) is 7.77. The van der Waals surface area contributed by atoms with E-state index in [0.29, 0.717) is 19.7 Å². The summed E-state index contributed by atoms with van der Waals surface area (Å²) in [6.07, 6.45) is 5.38. The molecule has 0 aliphatic rings. The zero-order valence-electron chi connectivity index (χ0n) is 18.9. The lowest BCUT2D eigenvalue weighted by molar-refractivity contribution is 0.0237. The summed E-state index contributed by atoms with van der Waals surface area (Å²) in [5.74, 6) is 0. The van der Waals surface area contributed by atoms with E-state index in [0.717, 1.165) is 37.3 Å². The van der Waals surface area contributed by atoms with Gasteiger partial charge in [0, 0.05) is 32.6 Å². The van der Waals surface area contributed by atoms with Gasteiger partial charge in [-0.1, -0.05) is 26.0 Å². The third-order valence-electron chi connectivity index (χ3n) is 5.17. The molecule has 2 aromatic rings. The molecule has 0 saturated heterocycles. The number of nitrogens with zero attached hydrogens (tertiary/aromatic N) is 4. The summed E-state index contributed by atoms with van der Waals surface area (Å²) < 4.78 is 5.41. The molecule has 0 saturated carbocycles. The normalized spacial score (nSPS) is 14.8. The highest BCUT2D eigenvalue weighted by Gasteiger charge is 2.36. The van der Waals surface area contributed by atoms with Gasteiger partial charge in [0.2, 0.25) is 0 Å². The molecular weight excluding hydrogens is 376 g/mol. The second-order valence-corrected chi connectivity index (χ2v) is 7.77. The van der Waals surface area contributed by atoms with E-state index < -0.39 is 6.10 Å². The van der Waals surface area contributed by atoms with Crippen molar-refractivity contribution in [1.29, 1.82) is 0 Å². The third-order valence-corrected chi connectivity index (χ3v) is 5.17. The van der Waals surface area contributed by atoms with Crippen LogP contribution in [0.3, 0.4) is 0 Å². The average Bonchev–Trinajstić information content (AvgIpc) is 2.76. The van der Waals surface area contributed by atoms with Gasteiger partial charge < -0.3 is 9.84 Å². The van der Waals surface area contributed by atoms with E-state index in [1.165, 1.54) is 0 Å². The first-order valence-electron chi connectivity index (χ1n) is 11.1. The number of aromatic nitrogens is 2. The molecule has 166 valence electrons. The smallest absolute Gasteiger partial charge is 0.0737 e. The van der Waals surface area contributed by atoms with Crippen LogP contribution in [0.25, 0.3) is 0 Å². The van der Waals surface area contributed by atoms with Crippen LogP contribution in [0.5, 0.6) is 0 Å². The molecule has 0 fully saturated rings. The van der Waals surface area contributed by atoms with Crippen molar-refractivity contribution in [3.05, 3.63) is 60.2 Å². The van der Waals surface area contributed by atoms with Crippen molar-refractivity contribution in [3.8, 4) is 0 Å². The van der Waals surface area contributed by atoms with Gasteiger partial charge in [0.15, 0.2) is 0 Å². The molecule has 2 rings (SSSR count). The minimum Gasteiger partial charge on any atom is -0.392 e. The number of pyridine rings is 2. The SMILES string of the molecule is CCCN(CCC)[C@H](c1ccccn1)[C@@H](c1ccccn1)N(CCOC)C[C@H](C)O. The molecular formula is C24H38N4O2. The Morgan fingerprint density at radius 2 is 1.40 bits per heavy atom. The minimum atomic E-state index is -0.455. The fourth-order valence-electron chi connectivity index (χ4n) is 4.06. The van der Waals surface area contributed by atoms with Gasteiger partial charge in [0.1, 0.15) is 0 Å². The van der Waals surface area contributed by atoms with E-state index in [4.69, 9.17) is 14.7 Å². The van der Waals surface area contributed by atoms with Gasteiger partial charge in [-0.2, -0.15) is 0 Å². The topological polar surface area (TPSA) is 61.7 Å². The highest BCUT2D eigenvalue weighted by molar-refractivity contribution is 5.19. The van der Waals surface area contributed by atoms with Crippen molar-refractivity contribution >= 4 is 0 Å². The zero-order valence-corrected chi connectivity index (χ0v) is 18.9. The maximum atomic E-state index is 10.3. The first-order chi connectivity index (χ1) is 14.6. The van der Waals surface area contributed by atoms with Gasteiger partial charge in [-0.25, -0.2) is 0 Å². The molecule has 0 unspecified atom stereocenters. The van der Waals surface area contributed by atoms with E-state index in [1.807, 2.05) is 37.5 Å². The lowest BCUT2D eigenvalue weighted by Gasteiger charge is -2.42. The van der Waals surface area contributed by atoms with Crippen LogP contribution in [0.15, 0.2) is 48.8 Å². The molecule has 30 heavy (non-hydrogen) atoms. The van der Waals surface area contributed by atoms with Crippen LogP contribution in [0.2, 0.25) is 0 Å². The third kappa shape index (κ3) is 7.13. The van der Waals surface area contributed by atoms with Crippen molar-refractivity contribution in [2.24, 2.45) is 0 Å². The Hall–Kier alpha value is -1.86.